The Hall–Kier alpha value is -3.23. The lowest BCUT2D eigenvalue weighted by Gasteiger charge is -2.05. The van der Waals surface area contributed by atoms with Gasteiger partial charge >= 0.3 is 0 Å². The minimum absolute atomic E-state index is 0.0114. The van der Waals surface area contributed by atoms with Crippen molar-refractivity contribution in [1.82, 2.24) is 15.0 Å². The normalized spacial score (nSPS) is 11.4. The highest BCUT2D eigenvalue weighted by molar-refractivity contribution is 8.00. The summed E-state index contributed by atoms with van der Waals surface area (Å²) < 4.78 is 26.7. The molecule has 0 atom stereocenters. The number of pyridine rings is 1. The van der Waals surface area contributed by atoms with E-state index in [2.05, 4.69) is 15.0 Å². The molecule has 8 heteroatoms. The third-order valence-electron chi connectivity index (χ3n) is 4.63. The van der Waals surface area contributed by atoms with E-state index in [0.29, 0.717) is 11.4 Å². The van der Waals surface area contributed by atoms with Gasteiger partial charge in [0.05, 0.1) is 10.6 Å². The molecule has 4 rings (SSSR count). The summed E-state index contributed by atoms with van der Waals surface area (Å²) in [6, 6.07) is 19.2. The number of rotatable bonds is 7. The predicted molar refractivity (Wildman–Crippen MR) is 120 cm³/mol. The number of benzene rings is 2. The number of carbonyl (C=O) groups excluding carboxylic acids is 1. The molecule has 0 saturated carbocycles. The van der Waals surface area contributed by atoms with Crippen LogP contribution in [0.1, 0.15) is 15.9 Å². The Morgan fingerprint density at radius 1 is 0.968 bits per heavy atom. The number of aromatic amines is 1. The summed E-state index contributed by atoms with van der Waals surface area (Å²) in [5, 5.41) is 0.254. The van der Waals surface area contributed by atoms with E-state index in [4.69, 9.17) is 0 Å². The van der Waals surface area contributed by atoms with Gasteiger partial charge in [0.2, 0.25) is 9.84 Å². The Morgan fingerprint density at radius 3 is 2.32 bits per heavy atom. The van der Waals surface area contributed by atoms with Crippen LogP contribution in [0.2, 0.25) is 0 Å². The lowest BCUT2D eigenvalue weighted by atomic mass is 10.2. The quantitative estimate of drug-likeness (QED) is 0.328. The van der Waals surface area contributed by atoms with Gasteiger partial charge in [-0.1, -0.05) is 59.8 Å². The second-order valence-electron chi connectivity index (χ2n) is 6.85. The van der Waals surface area contributed by atoms with Gasteiger partial charge in [-0.2, -0.15) is 0 Å². The maximum atomic E-state index is 13.3. The van der Waals surface area contributed by atoms with E-state index in [0.717, 1.165) is 22.9 Å². The molecule has 0 unspecified atom stereocenters. The number of hydrogen-bond donors (Lipinski definition) is 1. The number of imidazole rings is 1. The number of nitrogens with zero attached hydrogens (tertiary/aromatic N) is 2. The number of carbonyl (C=O) groups is 1. The molecule has 0 radical (unpaired) electrons. The molecule has 0 aliphatic carbocycles. The van der Waals surface area contributed by atoms with Crippen molar-refractivity contribution in [3.8, 4) is 11.4 Å². The summed E-state index contributed by atoms with van der Waals surface area (Å²) in [4.78, 5) is 24.1. The first-order valence-corrected chi connectivity index (χ1v) is 12.0. The highest BCUT2D eigenvalue weighted by atomic mass is 32.2. The second kappa shape index (κ2) is 8.87. The molecule has 1 N–H and O–H groups in total. The first-order valence-electron chi connectivity index (χ1n) is 9.48. The summed E-state index contributed by atoms with van der Waals surface area (Å²) in [6.45, 7) is 1.89. The molecule has 0 spiro atoms. The van der Waals surface area contributed by atoms with E-state index in [-0.39, 0.29) is 26.5 Å². The first-order chi connectivity index (χ1) is 14.9. The lowest BCUT2D eigenvalue weighted by Crippen LogP contribution is -2.06. The number of aryl methyl sites for hydroxylation is 1. The number of Topliss-reactive ketones (excluding diaryl/α,β-unsaturated/α-hetero) is 1. The molecule has 4 aromatic rings. The maximum absolute atomic E-state index is 13.3. The van der Waals surface area contributed by atoms with E-state index in [9.17, 15) is 13.2 Å². The van der Waals surface area contributed by atoms with E-state index < -0.39 is 9.84 Å². The lowest BCUT2D eigenvalue weighted by molar-refractivity contribution is 0.102. The molecule has 0 saturated heterocycles. The topological polar surface area (TPSA) is 92.8 Å². The molecule has 0 amide bonds. The molecule has 2 heterocycles. The monoisotopic (exact) mass is 449 g/mol. The molecule has 31 heavy (non-hydrogen) atoms. The highest BCUT2D eigenvalue weighted by Crippen LogP contribution is 2.32. The third-order valence-corrected chi connectivity index (χ3v) is 7.46. The van der Waals surface area contributed by atoms with Gasteiger partial charge in [-0.3, -0.25) is 9.78 Å². The molecular weight excluding hydrogens is 430 g/mol. The summed E-state index contributed by atoms with van der Waals surface area (Å²) in [6.07, 6.45) is 3.10. The first kappa shape index (κ1) is 21.0. The average Bonchev–Trinajstić information content (AvgIpc) is 3.24. The van der Waals surface area contributed by atoms with Gasteiger partial charge in [0.15, 0.2) is 10.8 Å². The average molecular weight is 450 g/mol. The van der Waals surface area contributed by atoms with Gasteiger partial charge in [-0.15, -0.1) is 0 Å². The number of ketones is 1. The SMILES string of the molecule is Cc1ccc(S(=O)(=O)c2[nH]c(-c3ccccc3)nc2SCC(=O)c2ccncc2)cc1. The number of aromatic nitrogens is 3. The van der Waals surface area contributed by atoms with Crippen LogP contribution in [0.25, 0.3) is 11.4 Å². The van der Waals surface area contributed by atoms with Crippen molar-refractivity contribution in [2.24, 2.45) is 0 Å². The van der Waals surface area contributed by atoms with Gasteiger partial charge in [0, 0.05) is 23.5 Å². The van der Waals surface area contributed by atoms with Crippen LogP contribution in [0, 0.1) is 6.92 Å². The number of thioether (sulfide) groups is 1. The van der Waals surface area contributed by atoms with Gasteiger partial charge in [-0.25, -0.2) is 13.4 Å². The van der Waals surface area contributed by atoms with Crippen LogP contribution in [0.15, 0.2) is 94.1 Å². The predicted octanol–water partition coefficient (Wildman–Crippen LogP) is 4.59. The van der Waals surface area contributed by atoms with Gasteiger partial charge < -0.3 is 4.98 Å². The zero-order valence-electron chi connectivity index (χ0n) is 16.6. The summed E-state index contributed by atoms with van der Waals surface area (Å²) in [5.41, 5.74) is 2.24. The van der Waals surface area contributed by atoms with Crippen molar-refractivity contribution in [3.05, 3.63) is 90.3 Å². The van der Waals surface area contributed by atoms with Crippen LogP contribution < -0.4 is 0 Å². The summed E-state index contributed by atoms with van der Waals surface area (Å²) >= 11 is 1.10. The second-order valence-corrected chi connectivity index (χ2v) is 9.70. The minimum Gasteiger partial charge on any atom is -0.328 e. The summed E-state index contributed by atoms with van der Waals surface area (Å²) in [7, 11) is -3.85. The third kappa shape index (κ3) is 4.60. The smallest absolute Gasteiger partial charge is 0.224 e. The van der Waals surface area contributed by atoms with Gasteiger partial charge in [0.25, 0.3) is 0 Å². The van der Waals surface area contributed by atoms with Gasteiger partial charge in [0.1, 0.15) is 10.9 Å². The number of nitrogens with one attached hydrogen (secondary N) is 1. The Bertz CT molecular complexity index is 1300. The van der Waals surface area contributed by atoms with E-state index >= 15 is 0 Å². The van der Waals surface area contributed by atoms with Crippen molar-refractivity contribution in [3.63, 3.8) is 0 Å². The Kier molecular flexibility index (Phi) is 6.01. The van der Waals surface area contributed by atoms with Crippen molar-refractivity contribution < 1.29 is 13.2 Å². The van der Waals surface area contributed by atoms with E-state index in [1.54, 1.807) is 48.8 Å². The molecule has 6 nitrogen and oxygen atoms in total. The van der Waals surface area contributed by atoms with Crippen molar-refractivity contribution >= 4 is 27.4 Å². The van der Waals surface area contributed by atoms with Crippen LogP contribution in [0.4, 0.5) is 0 Å². The Balaban J connectivity index is 1.71. The molecule has 2 aromatic heterocycles. The Morgan fingerprint density at radius 2 is 1.65 bits per heavy atom. The Labute approximate surface area is 184 Å². The van der Waals surface area contributed by atoms with Crippen molar-refractivity contribution in [1.29, 1.82) is 0 Å². The maximum Gasteiger partial charge on any atom is 0.224 e. The molecule has 156 valence electrons. The molecule has 0 fully saturated rings. The number of H-pyrrole nitrogens is 1. The highest BCUT2D eigenvalue weighted by Gasteiger charge is 2.27. The summed E-state index contributed by atoms with van der Waals surface area (Å²) in [5.74, 6) is 0.361. The van der Waals surface area contributed by atoms with Crippen molar-refractivity contribution in [2.45, 2.75) is 21.9 Å². The van der Waals surface area contributed by atoms with Gasteiger partial charge in [-0.05, 0) is 31.2 Å². The van der Waals surface area contributed by atoms with Crippen LogP contribution in [0.3, 0.4) is 0 Å². The zero-order valence-corrected chi connectivity index (χ0v) is 18.3. The standard InChI is InChI=1S/C23H19N3O3S2/c1-16-7-9-19(10-8-16)31(28,29)23-22(25-21(26-23)18-5-3-2-4-6-18)30-15-20(27)17-11-13-24-14-12-17/h2-14H,15H2,1H3,(H,25,26). The van der Waals surface area contributed by atoms with E-state index in [1.807, 2.05) is 37.3 Å². The molecule has 0 bridgehead atoms. The van der Waals surface area contributed by atoms with Crippen LogP contribution >= 0.6 is 11.8 Å². The van der Waals surface area contributed by atoms with E-state index in [1.165, 1.54) is 0 Å². The number of sulfone groups is 1. The van der Waals surface area contributed by atoms with Crippen LogP contribution in [-0.2, 0) is 9.84 Å². The molecular formula is C23H19N3O3S2. The largest absolute Gasteiger partial charge is 0.328 e. The number of hydrogen-bond acceptors (Lipinski definition) is 6. The molecule has 0 aliphatic heterocycles. The van der Waals surface area contributed by atoms with Crippen molar-refractivity contribution in [2.75, 3.05) is 5.75 Å². The fourth-order valence-electron chi connectivity index (χ4n) is 2.94. The fourth-order valence-corrected chi connectivity index (χ4v) is 5.46. The van der Waals surface area contributed by atoms with Crippen LogP contribution in [0.5, 0.6) is 0 Å². The molecule has 2 aromatic carbocycles. The zero-order chi connectivity index (χ0) is 21.8. The minimum atomic E-state index is -3.85. The molecule has 0 aliphatic rings. The fraction of sp³-hybridized carbons (Fsp3) is 0.0870. The van der Waals surface area contributed by atoms with Crippen LogP contribution in [-0.4, -0.2) is 34.9 Å².